The quantitative estimate of drug-likeness (QED) is 0.590. The molecule has 2 heterocycles. The van der Waals surface area contributed by atoms with Gasteiger partial charge in [0, 0.05) is 36.5 Å². The molecule has 178 valence electrons. The molecule has 34 heavy (non-hydrogen) atoms. The van der Waals surface area contributed by atoms with Gasteiger partial charge in [0.25, 0.3) is 11.8 Å². The molecule has 1 saturated carbocycles. The van der Waals surface area contributed by atoms with Crippen molar-refractivity contribution in [2.75, 3.05) is 26.3 Å². The summed E-state index contributed by atoms with van der Waals surface area (Å²) < 4.78 is 5.35. The van der Waals surface area contributed by atoms with Crippen molar-refractivity contribution in [1.29, 1.82) is 0 Å². The Labute approximate surface area is 206 Å². The number of benzene rings is 2. The van der Waals surface area contributed by atoms with Crippen LogP contribution < -0.4 is 0 Å². The number of morpholine rings is 1. The number of carbonyl (C=O) groups is 2. The second-order valence-electron chi connectivity index (χ2n) is 9.40. The summed E-state index contributed by atoms with van der Waals surface area (Å²) in [5.41, 5.74) is 4.09. The third-order valence-corrected chi connectivity index (χ3v) is 8.57. The Morgan fingerprint density at radius 1 is 1.06 bits per heavy atom. The van der Waals surface area contributed by atoms with Crippen molar-refractivity contribution in [3.8, 4) is 0 Å². The molecule has 2 aliphatic heterocycles. The molecule has 2 amide bonds. The van der Waals surface area contributed by atoms with E-state index in [2.05, 4.69) is 36.1 Å². The average molecular weight is 477 g/mol. The van der Waals surface area contributed by atoms with E-state index in [1.807, 2.05) is 35.2 Å². The Hall–Kier alpha value is -2.57. The maximum Gasteiger partial charge on any atom is 0.260 e. The molecular formula is C28H32N2O3S. The van der Waals surface area contributed by atoms with Gasteiger partial charge >= 0.3 is 0 Å². The molecule has 2 saturated heterocycles. The fourth-order valence-corrected chi connectivity index (χ4v) is 6.63. The van der Waals surface area contributed by atoms with E-state index >= 15 is 0 Å². The first kappa shape index (κ1) is 23.2. The topological polar surface area (TPSA) is 49.9 Å². The van der Waals surface area contributed by atoms with Gasteiger partial charge < -0.3 is 14.5 Å². The highest BCUT2D eigenvalue weighted by Crippen LogP contribution is 2.42. The van der Waals surface area contributed by atoms with Crippen molar-refractivity contribution in [3.05, 3.63) is 75.7 Å². The van der Waals surface area contributed by atoms with Gasteiger partial charge in [-0.05, 0) is 54.7 Å². The summed E-state index contributed by atoms with van der Waals surface area (Å²) in [6.45, 7) is 5.24. The minimum absolute atomic E-state index is 0.0417. The molecule has 2 unspecified atom stereocenters. The molecule has 5 rings (SSSR count). The van der Waals surface area contributed by atoms with Crippen LogP contribution in [-0.2, 0) is 16.1 Å². The molecule has 3 fully saturated rings. The van der Waals surface area contributed by atoms with Gasteiger partial charge in [-0.1, -0.05) is 49.2 Å². The Bertz CT molecular complexity index is 1080. The molecule has 2 aromatic carbocycles. The zero-order chi connectivity index (χ0) is 23.5. The van der Waals surface area contributed by atoms with Gasteiger partial charge in [0.2, 0.25) is 0 Å². The predicted molar refractivity (Wildman–Crippen MR) is 137 cm³/mol. The van der Waals surface area contributed by atoms with E-state index in [1.165, 1.54) is 24.0 Å². The first-order valence-corrected chi connectivity index (χ1v) is 13.2. The molecule has 5 nitrogen and oxygen atoms in total. The van der Waals surface area contributed by atoms with Gasteiger partial charge in [-0.2, -0.15) is 0 Å². The van der Waals surface area contributed by atoms with Crippen molar-refractivity contribution in [2.24, 2.45) is 0 Å². The fraction of sp³-hybridized carbons (Fsp3) is 0.429. The number of nitrogens with zero attached hydrogens (tertiary/aromatic N) is 2. The SMILES string of the molecule is Cc1ccccc1CN1C(=O)/C(=C\c2ccc(C(=O)N3CCOCC3)cc2)SC2CCCCC21. The largest absolute Gasteiger partial charge is 0.378 e. The van der Waals surface area contributed by atoms with Gasteiger partial charge in [-0.3, -0.25) is 9.59 Å². The van der Waals surface area contributed by atoms with Crippen molar-refractivity contribution in [2.45, 2.75) is 50.4 Å². The van der Waals surface area contributed by atoms with Crippen molar-refractivity contribution >= 4 is 29.7 Å². The second-order valence-corrected chi connectivity index (χ2v) is 10.7. The lowest BCUT2D eigenvalue weighted by molar-refractivity contribution is -0.130. The highest BCUT2D eigenvalue weighted by molar-refractivity contribution is 8.04. The van der Waals surface area contributed by atoms with E-state index in [9.17, 15) is 9.59 Å². The number of aryl methyl sites for hydroxylation is 1. The average Bonchev–Trinajstić information content (AvgIpc) is 2.88. The highest BCUT2D eigenvalue weighted by atomic mass is 32.2. The molecule has 0 N–H and O–H groups in total. The number of thioether (sulfide) groups is 1. The third-order valence-electron chi connectivity index (χ3n) is 7.17. The van der Waals surface area contributed by atoms with Crippen LogP contribution in [0, 0.1) is 6.92 Å². The lowest BCUT2D eigenvalue weighted by atomic mass is 9.92. The van der Waals surface area contributed by atoms with Crippen LogP contribution in [0.15, 0.2) is 53.4 Å². The van der Waals surface area contributed by atoms with Gasteiger partial charge in [0.05, 0.1) is 18.1 Å². The summed E-state index contributed by atoms with van der Waals surface area (Å²) in [5.74, 6) is 0.171. The summed E-state index contributed by atoms with van der Waals surface area (Å²) >= 11 is 1.75. The van der Waals surface area contributed by atoms with Crippen LogP contribution in [0.3, 0.4) is 0 Å². The number of carbonyl (C=O) groups excluding carboxylic acids is 2. The number of rotatable bonds is 4. The van der Waals surface area contributed by atoms with Crippen molar-refractivity contribution in [1.82, 2.24) is 9.80 Å². The minimum Gasteiger partial charge on any atom is -0.378 e. The Balaban J connectivity index is 1.36. The molecule has 6 heteroatoms. The highest BCUT2D eigenvalue weighted by Gasteiger charge is 2.40. The van der Waals surface area contributed by atoms with Gasteiger partial charge in [0.1, 0.15) is 0 Å². The minimum atomic E-state index is 0.0417. The summed E-state index contributed by atoms with van der Waals surface area (Å²) in [6.07, 6.45) is 6.66. The van der Waals surface area contributed by atoms with Crippen LogP contribution in [-0.4, -0.2) is 59.2 Å². The van der Waals surface area contributed by atoms with E-state index in [0.717, 1.165) is 23.3 Å². The molecule has 1 aliphatic carbocycles. The fourth-order valence-electron chi connectivity index (χ4n) is 5.16. The predicted octanol–water partition coefficient (Wildman–Crippen LogP) is 4.90. The third kappa shape index (κ3) is 4.93. The molecule has 0 bridgehead atoms. The first-order chi connectivity index (χ1) is 16.6. The summed E-state index contributed by atoms with van der Waals surface area (Å²) in [6, 6.07) is 16.3. The van der Waals surface area contributed by atoms with E-state index in [1.54, 1.807) is 11.8 Å². The molecule has 0 spiro atoms. The normalized spacial score (nSPS) is 24.3. The lowest BCUT2D eigenvalue weighted by Crippen LogP contribution is -2.50. The molecule has 2 atom stereocenters. The maximum atomic E-state index is 13.6. The lowest BCUT2D eigenvalue weighted by Gasteiger charge is -2.44. The molecule has 3 aliphatic rings. The summed E-state index contributed by atoms with van der Waals surface area (Å²) in [7, 11) is 0. The Kier molecular flexibility index (Phi) is 7.07. The summed E-state index contributed by atoms with van der Waals surface area (Å²) in [4.78, 5) is 31.2. The molecule has 2 aromatic rings. The van der Waals surface area contributed by atoms with Crippen molar-refractivity contribution < 1.29 is 14.3 Å². The maximum absolute atomic E-state index is 13.6. The van der Waals surface area contributed by atoms with Crippen LogP contribution in [0.1, 0.15) is 52.7 Å². The van der Waals surface area contributed by atoms with Gasteiger partial charge in [-0.15, -0.1) is 11.8 Å². The number of amides is 2. The monoisotopic (exact) mass is 476 g/mol. The van der Waals surface area contributed by atoms with Crippen molar-refractivity contribution in [3.63, 3.8) is 0 Å². The van der Waals surface area contributed by atoms with Gasteiger partial charge in [0.15, 0.2) is 0 Å². The number of fused-ring (bicyclic) bond motifs is 1. The van der Waals surface area contributed by atoms with Crippen LogP contribution in [0.2, 0.25) is 0 Å². The van der Waals surface area contributed by atoms with E-state index < -0.39 is 0 Å². The first-order valence-electron chi connectivity index (χ1n) is 12.3. The van der Waals surface area contributed by atoms with E-state index in [0.29, 0.717) is 49.7 Å². The Morgan fingerprint density at radius 3 is 2.56 bits per heavy atom. The Morgan fingerprint density at radius 2 is 1.79 bits per heavy atom. The smallest absolute Gasteiger partial charge is 0.260 e. The zero-order valence-corrected chi connectivity index (χ0v) is 20.6. The molecule has 0 aromatic heterocycles. The summed E-state index contributed by atoms with van der Waals surface area (Å²) in [5, 5.41) is 0.448. The van der Waals surface area contributed by atoms with Crippen LogP contribution in [0.5, 0.6) is 0 Å². The number of hydrogen-bond acceptors (Lipinski definition) is 4. The van der Waals surface area contributed by atoms with Crippen LogP contribution >= 0.6 is 11.8 Å². The van der Waals surface area contributed by atoms with Crippen LogP contribution in [0.25, 0.3) is 6.08 Å². The van der Waals surface area contributed by atoms with E-state index in [-0.39, 0.29) is 11.8 Å². The standard InChI is InChI=1S/C28H32N2O3S/c1-20-6-2-3-7-23(20)19-30-24-8-4-5-9-25(24)34-26(28(30)32)18-21-10-12-22(13-11-21)27(31)29-14-16-33-17-15-29/h2-3,6-7,10-13,18,24-25H,4-5,8-9,14-17,19H2,1H3/b26-18+. The van der Waals surface area contributed by atoms with Gasteiger partial charge in [-0.25, -0.2) is 0 Å². The number of hydrogen-bond donors (Lipinski definition) is 0. The van der Waals surface area contributed by atoms with E-state index in [4.69, 9.17) is 4.74 Å². The molecular weight excluding hydrogens is 444 g/mol. The molecule has 0 radical (unpaired) electrons. The number of ether oxygens (including phenoxy) is 1. The second kappa shape index (κ2) is 10.4. The zero-order valence-electron chi connectivity index (χ0n) is 19.7. The van der Waals surface area contributed by atoms with Crippen LogP contribution in [0.4, 0.5) is 0 Å².